The number of hydrogen-bond acceptors (Lipinski definition) is 3. The highest BCUT2D eigenvalue weighted by Gasteiger charge is 2.36. The number of halogens is 1. The van der Waals surface area contributed by atoms with Crippen molar-refractivity contribution >= 4 is 21.8 Å². The minimum Gasteiger partial charge on any atom is -0.472 e. The monoisotopic (exact) mass is 308 g/mol. The van der Waals surface area contributed by atoms with Crippen LogP contribution in [-0.4, -0.2) is 24.6 Å². The van der Waals surface area contributed by atoms with Crippen molar-refractivity contribution in [2.24, 2.45) is 16.6 Å². The van der Waals surface area contributed by atoms with Crippen LogP contribution in [0.4, 0.5) is 0 Å². The van der Waals surface area contributed by atoms with Crippen LogP contribution < -0.4 is 5.73 Å². The van der Waals surface area contributed by atoms with Gasteiger partial charge in [-0.05, 0) is 49.9 Å². The van der Waals surface area contributed by atoms with Gasteiger partial charge in [-0.3, -0.25) is 0 Å². The number of aliphatic imine (C=N–C) groups is 1. The highest BCUT2D eigenvalue weighted by molar-refractivity contribution is 9.10. The van der Waals surface area contributed by atoms with Gasteiger partial charge in [0.05, 0.1) is 6.04 Å². The predicted octanol–water partition coefficient (Wildman–Crippen LogP) is 2.72. The SMILES string of the molecule is NCC1CCC2OC(c3cccc(Br)c3)=NC2C1. The molecule has 1 aromatic carbocycles. The van der Waals surface area contributed by atoms with Crippen LogP contribution in [0.5, 0.6) is 0 Å². The Kier molecular flexibility index (Phi) is 3.39. The Bertz CT molecular complexity index is 475. The largest absolute Gasteiger partial charge is 0.472 e. The number of fused-ring (bicyclic) bond motifs is 1. The molecule has 3 nitrogen and oxygen atoms in total. The van der Waals surface area contributed by atoms with Crippen LogP contribution >= 0.6 is 15.9 Å². The van der Waals surface area contributed by atoms with E-state index in [1.165, 1.54) is 6.42 Å². The second-order valence-electron chi connectivity index (χ2n) is 5.08. The van der Waals surface area contributed by atoms with E-state index in [0.717, 1.165) is 35.3 Å². The second kappa shape index (κ2) is 5.02. The fourth-order valence-electron chi connectivity index (χ4n) is 2.78. The molecule has 0 amide bonds. The van der Waals surface area contributed by atoms with E-state index in [-0.39, 0.29) is 6.10 Å². The van der Waals surface area contributed by atoms with Gasteiger partial charge in [-0.15, -0.1) is 0 Å². The zero-order valence-corrected chi connectivity index (χ0v) is 11.8. The van der Waals surface area contributed by atoms with Crippen molar-refractivity contribution < 1.29 is 4.74 Å². The molecule has 0 saturated heterocycles. The molecule has 3 unspecified atom stereocenters. The third-order valence-corrected chi connectivity index (χ3v) is 4.31. The summed E-state index contributed by atoms with van der Waals surface area (Å²) in [5.41, 5.74) is 6.81. The number of nitrogens with zero attached hydrogens (tertiary/aromatic N) is 1. The van der Waals surface area contributed by atoms with Gasteiger partial charge in [0.15, 0.2) is 0 Å². The third-order valence-electron chi connectivity index (χ3n) is 3.81. The molecule has 2 aliphatic rings. The van der Waals surface area contributed by atoms with Crippen LogP contribution in [0.25, 0.3) is 0 Å². The molecule has 0 spiro atoms. The molecule has 1 heterocycles. The maximum atomic E-state index is 5.99. The Balaban J connectivity index is 1.80. The Labute approximate surface area is 116 Å². The van der Waals surface area contributed by atoms with E-state index in [2.05, 4.69) is 22.0 Å². The summed E-state index contributed by atoms with van der Waals surface area (Å²) in [6.07, 6.45) is 3.58. The molecule has 1 aromatic rings. The van der Waals surface area contributed by atoms with Crippen molar-refractivity contribution in [1.29, 1.82) is 0 Å². The van der Waals surface area contributed by atoms with E-state index < -0.39 is 0 Å². The maximum Gasteiger partial charge on any atom is 0.216 e. The summed E-state index contributed by atoms with van der Waals surface area (Å²) < 4.78 is 7.04. The van der Waals surface area contributed by atoms with E-state index in [4.69, 9.17) is 15.5 Å². The molecule has 0 aromatic heterocycles. The zero-order chi connectivity index (χ0) is 12.5. The quantitative estimate of drug-likeness (QED) is 0.913. The number of nitrogens with two attached hydrogens (primary N) is 1. The molecular weight excluding hydrogens is 292 g/mol. The third kappa shape index (κ3) is 2.31. The first kappa shape index (κ1) is 12.2. The summed E-state index contributed by atoms with van der Waals surface area (Å²) in [6.45, 7) is 0.769. The number of hydrogen-bond donors (Lipinski definition) is 1. The number of ether oxygens (including phenoxy) is 1. The Hall–Kier alpha value is -0.870. The van der Waals surface area contributed by atoms with Gasteiger partial charge in [0.25, 0.3) is 0 Å². The molecule has 1 aliphatic carbocycles. The van der Waals surface area contributed by atoms with E-state index in [9.17, 15) is 0 Å². The summed E-state index contributed by atoms with van der Waals surface area (Å²) >= 11 is 3.48. The minimum absolute atomic E-state index is 0.266. The van der Waals surface area contributed by atoms with Crippen molar-refractivity contribution in [2.75, 3.05) is 6.54 Å². The highest BCUT2D eigenvalue weighted by atomic mass is 79.9. The van der Waals surface area contributed by atoms with Gasteiger partial charge in [0.1, 0.15) is 6.10 Å². The summed E-state index contributed by atoms with van der Waals surface area (Å²) in [5, 5.41) is 0. The smallest absolute Gasteiger partial charge is 0.216 e. The van der Waals surface area contributed by atoms with Crippen LogP contribution in [0.2, 0.25) is 0 Å². The van der Waals surface area contributed by atoms with Crippen molar-refractivity contribution in [1.82, 2.24) is 0 Å². The second-order valence-corrected chi connectivity index (χ2v) is 6.00. The van der Waals surface area contributed by atoms with E-state index >= 15 is 0 Å². The fourth-order valence-corrected chi connectivity index (χ4v) is 3.18. The van der Waals surface area contributed by atoms with Gasteiger partial charge in [-0.2, -0.15) is 0 Å². The Morgan fingerprint density at radius 3 is 3.06 bits per heavy atom. The van der Waals surface area contributed by atoms with Crippen molar-refractivity contribution in [3.8, 4) is 0 Å². The predicted molar refractivity (Wildman–Crippen MR) is 75.7 cm³/mol. The van der Waals surface area contributed by atoms with Gasteiger partial charge in [0.2, 0.25) is 5.90 Å². The van der Waals surface area contributed by atoms with Gasteiger partial charge in [-0.25, -0.2) is 4.99 Å². The summed E-state index contributed by atoms with van der Waals surface area (Å²) in [5.74, 6) is 1.41. The molecule has 1 aliphatic heterocycles. The van der Waals surface area contributed by atoms with Crippen molar-refractivity contribution in [3.63, 3.8) is 0 Å². The lowest BCUT2D eigenvalue weighted by Crippen LogP contribution is -2.33. The fraction of sp³-hybridized carbons (Fsp3) is 0.500. The van der Waals surface area contributed by atoms with Crippen LogP contribution in [0.15, 0.2) is 33.7 Å². The number of benzene rings is 1. The van der Waals surface area contributed by atoms with E-state index in [1.807, 2.05) is 18.2 Å². The van der Waals surface area contributed by atoms with Crippen LogP contribution in [0.1, 0.15) is 24.8 Å². The first-order valence-electron chi connectivity index (χ1n) is 6.46. The summed E-state index contributed by atoms with van der Waals surface area (Å²) in [7, 11) is 0. The van der Waals surface area contributed by atoms with Crippen LogP contribution in [0, 0.1) is 5.92 Å². The average molecular weight is 309 g/mol. The van der Waals surface area contributed by atoms with E-state index in [1.54, 1.807) is 0 Å². The Morgan fingerprint density at radius 1 is 1.39 bits per heavy atom. The molecule has 3 atom stereocenters. The lowest BCUT2D eigenvalue weighted by Gasteiger charge is -2.28. The molecule has 1 fully saturated rings. The molecule has 2 N–H and O–H groups in total. The van der Waals surface area contributed by atoms with Crippen LogP contribution in [0.3, 0.4) is 0 Å². The highest BCUT2D eigenvalue weighted by Crippen LogP contribution is 2.33. The zero-order valence-electron chi connectivity index (χ0n) is 10.2. The molecule has 0 bridgehead atoms. The van der Waals surface area contributed by atoms with Crippen LogP contribution in [-0.2, 0) is 4.74 Å². The van der Waals surface area contributed by atoms with Crippen molar-refractivity contribution in [3.05, 3.63) is 34.3 Å². The normalized spacial score (nSPS) is 30.6. The molecule has 3 rings (SSSR count). The van der Waals surface area contributed by atoms with Gasteiger partial charge in [-0.1, -0.05) is 22.0 Å². The molecule has 4 heteroatoms. The minimum atomic E-state index is 0.266. The number of rotatable bonds is 2. The lowest BCUT2D eigenvalue weighted by atomic mass is 9.84. The van der Waals surface area contributed by atoms with Gasteiger partial charge < -0.3 is 10.5 Å². The molecule has 1 saturated carbocycles. The molecule has 18 heavy (non-hydrogen) atoms. The van der Waals surface area contributed by atoms with Gasteiger partial charge in [0, 0.05) is 10.0 Å². The van der Waals surface area contributed by atoms with Gasteiger partial charge >= 0.3 is 0 Å². The van der Waals surface area contributed by atoms with E-state index in [0.29, 0.717) is 12.0 Å². The molecule has 0 radical (unpaired) electrons. The molecular formula is C14H17BrN2O. The summed E-state index contributed by atoms with van der Waals surface area (Å²) in [6, 6.07) is 8.42. The van der Waals surface area contributed by atoms with Crippen molar-refractivity contribution in [2.45, 2.75) is 31.4 Å². The lowest BCUT2D eigenvalue weighted by molar-refractivity contribution is 0.130. The standard InChI is InChI=1S/C14H17BrN2O/c15-11-3-1-2-10(7-11)14-17-12-6-9(8-16)4-5-13(12)18-14/h1-3,7,9,12-13H,4-6,8,16H2. The first-order valence-corrected chi connectivity index (χ1v) is 7.26. The maximum absolute atomic E-state index is 5.99. The average Bonchev–Trinajstić information content (AvgIpc) is 2.81. The molecule has 96 valence electrons. The topological polar surface area (TPSA) is 47.6 Å². The first-order chi connectivity index (χ1) is 8.76. The summed E-state index contributed by atoms with van der Waals surface area (Å²) in [4.78, 5) is 4.74. The Morgan fingerprint density at radius 2 is 2.28 bits per heavy atom.